The third-order valence-corrected chi connectivity index (χ3v) is 2.09. The van der Waals surface area contributed by atoms with Crippen molar-refractivity contribution >= 4 is 6.08 Å². The van der Waals surface area contributed by atoms with Gasteiger partial charge in [0, 0.05) is 17.8 Å². The summed E-state index contributed by atoms with van der Waals surface area (Å²) in [5, 5.41) is 0. The van der Waals surface area contributed by atoms with Gasteiger partial charge in [0.15, 0.2) is 0 Å². The molecule has 0 aliphatic heterocycles. The van der Waals surface area contributed by atoms with Gasteiger partial charge in [0.1, 0.15) is 0 Å². The molecule has 1 heteroatoms. The first kappa shape index (κ1) is 5.78. The second kappa shape index (κ2) is 2.01. The summed E-state index contributed by atoms with van der Waals surface area (Å²) in [6.07, 6.45) is 7.61. The molecule has 2 rings (SSSR count). The van der Waals surface area contributed by atoms with E-state index in [1.165, 1.54) is 17.7 Å². The van der Waals surface area contributed by atoms with E-state index in [0.717, 1.165) is 0 Å². The molecule has 1 aliphatic carbocycles. The molecule has 0 amide bonds. The molecule has 52 valence electrons. The van der Waals surface area contributed by atoms with Crippen molar-refractivity contribution in [2.75, 3.05) is 0 Å². The van der Waals surface area contributed by atoms with E-state index in [4.69, 9.17) is 0 Å². The Kier molecular flexibility index (Phi) is 1.16. The van der Waals surface area contributed by atoms with Crippen LogP contribution in [0.15, 0.2) is 18.3 Å². The predicted octanol–water partition coefficient (Wildman–Crippen LogP) is 2.54. The molecule has 1 N–H and O–H groups in total. The van der Waals surface area contributed by atoms with Gasteiger partial charge in [-0.2, -0.15) is 0 Å². The molecule has 1 nitrogen and oxygen atoms in total. The minimum absolute atomic E-state index is 0.676. The topological polar surface area (TPSA) is 15.8 Å². The molecule has 0 aromatic carbocycles. The quantitative estimate of drug-likeness (QED) is 0.559. The number of fused-ring (bicyclic) bond motifs is 1. The summed E-state index contributed by atoms with van der Waals surface area (Å²) < 4.78 is 0. The zero-order chi connectivity index (χ0) is 6.97. The first-order valence-electron chi connectivity index (χ1n) is 3.72. The molecule has 1 heterocycles. The third kappa shape index (κ3) is 0.703. The van der Waals surface area contributed by atoms with E-state index in [9.17, 15) is 0 Å². The minimum Gasteiger partial charge on any atom is -0.364 e. The number of allylic oxidation sites excluding steroid dienone is 1. The van der Waals surface area contributed by atoms with Gasteiger partial charge in [-0.05, 0) is 18.1 Å². The van der Waals surface area contributed by atoms with Crippen LogP contribution in [0.25, 0.3) is 6.08 Å². The second-order valence-electron chi connectivity index (χ2n) is 2.89. The van der Waals surface area contributed by atoms with Gasteiger partial charge in [-0.25, -0.2) is 0 Å². The van der Waals surface area contributed by atoms with Gasteiger partial charge in [0.05, 0.1) is 0 Å². The number of hydrogen-bond acceptors (Lipinski definition) is 0. The van der Waals surface area contributed by atoms with Crippen LogP contribution in [0.3, 0.4) is 0 Å². The van der Waals surface area contributed by atoms with Gasteiger partial charge in [0.2, 0.25) is 0 Å². The maximum Gasteiger partial charge on any atom is 0.0252 e. The van der Waals surface area contributed by atoms with Crippen LogP contribution in [0.5, 0.6) is 0 Å². The van der Waals surface area contributed by atoms with Gasteiger partial charge in [-0.1, -0.05) is 19.1 Å². The number of aromatic nitrogens is 1. The van der Waals surface area contributed by atoms with E-state index in [1.807, 2.05) is 6.20 Å². The highest BCUT2D eigenvalue weighted by Gasteiger charge is 2.11. The van der Waals surface area contributed by atoms with E-state index in [-0.39, 0.29) is 0 Å². The molecule has 1 aliphatic rings. The molecule has 1 aromatic rings. The van der Waals surface area contributed by atoms with Crippen molar-refractivity contribution in [1.82, 2.24) is 4.98 Å². The Balaban J connectivity index is 2.52. The number of H-pyrrole nitrogens is 1. The standard InChI is InChI=1S/C9H11N/c1-7-3-2-4-8-5-6-10-9(7)8/h2,4-7,10H,3H2,1H3. The molecule has 0 radical (unpaired) electrons. The summed E-state index contributed by atoms with van der Waals surface area (Å²) in [7, 11) is 0. The highest BCUT2D eigenvalue weighted by atomic mass is 14.7. The molecule has 0 fully saturated rings. The molecule has 0 bridgehead atoms. The average molecular weight is 133 g/mol. The fraction of sp³-hybridized carbons (Fsp3) is 0.333. The van der Waals surface area contributed by atoms with E-state index in [1.54, 1.807) is 0 Å². The lowest BCUT2D eigenvalue weighted by atomic mass is 9.95. The summed E-state index contributed by atoms with van der Waals surface area (Å²) >= 11 is 0. The molecule has 10 heavy (non-hydrogen) atoms. The van der Waals surface area contributed by atoms with Crippen LogP contribution in [-0.2, 0) is 0 Å². The molecule has 0 saturated heterocycles. The smallest absolute Gasteiger partial charge is 0.0252 e. The van der Waals surface area contributed by atoms with E-state index < -0.39 is 0 Å². The van der Waals surface area contributed by atoms with Crippen LogP contribution in [-0.4, -0.2) is 4.98 Å². The number of hydrogen-bond donors (Lipinski definition) is 1. The van der Waals surface area contributed by atoms with Crippen LogP contribution in [0, 0.1) is 0 Å². The molecular weight excluding hydrogens is 122 g/mol. The first-order valence-corrected chi connectivity index (χ1v) is 3.72. The summed E-state index contributed by atoms with van der Waals surface area (Å²) in [4.78, 5) is 3.26. The van der Waals surface area contributed by atoms with E-state index in [0.29, 0.717) is 5.92 Å². The molecule has 1 atom stereocenters. The van der Waals surface area contributed by atoms with E-state index >= 15 is 0 Å². The van der Waals surface area contributed by atoms with Crippen molar-refractivity contribution in [2.24, 2.45) is 0 Å². The van der Waals surface area contributed by atoms with Gasteiger partial charge in [0.25, 0.3) is 0 Å². The summed E-state index contributed by atoms with van der Waals surface area (Å²) in [5.41, 5.74) is 2.75. The van der Waals surface area contributed by atoms with Crippen LogP contribution in [0.1, 0.15) is 30.5 Å². The normalized spacial score (nSPS) is 22.7. The predicted molar refractivity (Wildman–Crippen MR) is 42.9 cm³/mol. The SMILES string of the molecule is CC1CC=Cc2cc[nH]c21. The molecule has 0 spiro atoms. The van der Waals surface area contributed by atoms with Gasteiger partial charge in [-0.3, -0.25) is 0 Å². The summed E-state index contributed by atoms with van der Waals surface area (Å²) in [5.74, 6) is 0.676. The third-order valence-electron chi connectivity index (χ3n) is 2.09. The number of rotatable bonds is 0. The van der Waals surface area contributed by atoms with Crippen molar-refractivity contribution in [2.45, 2.75) is 19.3 Å². The maximum absolute atomic E-state index is 3.26. The van der Waals surface area contributed by atoms with Crippen LogP contribution < -0.4 is 0 Å². The van der Waals surface area contributed by atoms with Crippen molar-refractivity contribution in [1.29, 1.82) is 0 Å². The van der Waals surface area contributed by atoms with E-state index in [2.05, 4.69) is 30.1 Å². The molecule has 1 aromatic heterocycles. The van der Waals surface area contributed by atoms with Crippen LogP contribution in [0.4, 0.5) is 0 Å². The highest BCUT2D eigenvalue weighted by molar-refractivity contribution is 5.55. The van der Waals surface area contributed by atoms with Crippen molar-refractivity contribution in [3.05, 3.63) is 29.6 Å². The van der Waals surface area contributed by atoms with Gasteiger partial charge in [-0.15, -0.1) is 0 Å². The Morgan fingerprint density at radius 2 is 2.50 bits per heavy atom. The Hall–Kier alpha value is -0.980. The Morgan fingerprint density at radius 1 is 1.60 bits per heavy atom. The summed E-state index contributed by atoms with van der Waals surface area (Å²) in [6, 6.07) is 2.13. The summed E-state index contributed by atoms with van der Waals surface area (Å²) in [6.45, 7) is 2.25. The zero-order valence-electron chi connectivity index (χ0n) is 6.09. The van der Waals surface area contributed by atoms with Crippen LogP contribution >= 0.6 is 0 Å². The maximum atomic E-state index is 3.26. The lowest BCUT2D eigenvalue weighted by Crippen LogP contribution is -1.97. The van der Waals surface area contributed by atoms with Crippen molar-refractivity contribution in [3.63, 3.8) is 0 Å². The average Bonchev–Trinajstić information content (AvgIpc) is 2.36. The van der Waals surface area contributed by atoms with Gasteiger partial charge >= 0.3 is 0 Å². The van der Waals surface area contributed by atoms with Crippen LogP contribution in [0.2, 0.25) is 0 Å². The Bertz CT molecular complexity index is 257. The fourth-order valence-corrected chi connectivity index (χ4v) is 1.48. The van der Waals surface area contributed by atoms with Crippen molar-refractivity contribution < 1.29 is 0 Å². The number of nitrogens with one attached hydrogen (secondary N) is 1. The highest BCUT2D eigenvalue weighted by Crippen LogP contribution is 2.27. The zero-order valence-corrected chi connectivity index (χ0v) is 6.09. The number of aromatic amines is 1. The lowest BCUT2D eigenvalue weighted by molar-refractivity contribution is 0.748. The Labute approximate surface area is 60.8 Å². The second-order valence-corrected chi connectivity index (χ2v) is 2.89. The fourth-order valence-electron chi connectivity index (χ4n) is 1.48. The largest absolute Gasteiger partial charge is 0.364 e. The van der Waals surface area contributed by atoms with Crippen molar-refractivity contribution in [3.8, 4) is 0 Å². The van der Waals surface area contributed by atoms with Gasteiger partial charge < -0.3 is 4.98 Å². The minimum atomic E-state index is 0.676. The first-order chi connectivity index (χ1) is 4.88. The molecular formula is C9H11N. The monoisotopic (exact) mass is 133 g/mol. The Morgan fingerprint density at radius 3 is 3.30 bits per heavy atom. The molecule has 1 unspecified atom stereocenters. The lowest BCUT2D eigenvalue weighted by Gasteiger charge is -2.12. The molecule has 0 saturated carbocycles.